The molecule has 0 unspecified atom stereocenters. The van der Waals surface area contributed by atoms with Gasteiger partial charge in [0.1, 0.15) is 4.83 Å². The summed E-state index contributed by atoms with van der Waals surface area (Å²) in [6, 6.07) is 6.97. The number of nitrogens with zero attached hydrogens (tertiary/aromatic N) is 1. The molecule has 1 aromatic carbocycles. The lowest BCUT2D eigenvalue weighted by molar-refractivity contribution is 0.100. The van der Waals surface area contributed by atoms with Crippen molar-refractivity contribution in [3.63, 3.8) is 0 Å². The van der Waals surface area contributed by atoms with Crippen LogP contribution in [0.25, 0.3) is 20.7 Å². The van der Waals surface area contributed by atoms with Gasteiger partial charge in [0.15, 0.2) is 0 Å². The third-order valence-electron chi connectivity index (χ3n) is 3.23. The van der Waals surface area contributed by atoms with Gasteiger partial charge in [0.25, 0.3) is 5.56 Å². The number of fused-ring (bicyclic) bond motifs is 1. The molecule has 3 rings (SSSR count). The summed E-state index contributed by atoms with van der Waals surface area (Å²) in [5.74, 6) is -0.401. The second kappa shape index (κ2) is 4.71. The maximum Gasteiger partial charge on any atom is 0.261 e. The smallest absolute Gasteiger partial charge is 0.261 e. The molecular weight excluding hydrogens is 288 g/mol. The molecule has 7 heteroatoms. The molecule has 6 nitrogen and oxygen atoms in total. The van der Waals surface area contributed by atoms with Crippen molar-refractivity contribution in [1.29, 1.82) is 0 Å². The SMILES string of the molecule is Cc1c(-c2cccc(C(N)=O)c2)sc2nc(N)[nH]c(=O)c12. The highest BCUT2D eigenvalue weighted by Crippen LogP contribution is 2.36. The predicted molar refractivity (Wildman–Crippen MR) is 83.3 cm³/mol. The highest BCUT2D eigenvalue weighted by molar-refractivity contribution is 7.22. The van der Waals surface area contributed by atoms with Gasteiger partial charge in [0, 0.05) is 10.4 Å². The van der Waals surface area contributed by atoms with E-state index in [2.05, 4.69) is 9.97 Å². The number of H-pyrrole nitrogens is 1. The first-order valence-electron chi connectivity index (χ1n) is 6.16. The number of hydrogen-bond acceptors (Lipinski definition) is 5. The number of thiophene rings is 1. The average molecular weight is 300 g/mol. The van der Waals surface area contributed by atoms with E-state index in [1.54, 1.807) is 18.2 Å². The highest BCUT2D eigenvalue weighted by atomic mass is 32.1. The molecule has 0 atom stereocenters. The van der Waals surface area contributed by atoms with E-state index in [9.17, 15) is 9.59 Å². The fourth-order valence-electron chi connectivity index (χ4n) is 2.25. The van der Waals surface area contributed by atoms with Gasteiger partial charge < -0.3 is 11.5 Å². The molecule has 0 radical (unpaired) electrons. The molecule has 0 saturated carbocycles. The van der Waals surface area contributed by atoms with E-state index in [0.29, 0.717) is 15.8 Å². The largest absolute Gasteiger partial charge is 0.369 e. The van der Waals surface area contributed by atoms with Crippen LogP contribution in [-0.4, -0.2) is 15.9 Å². The molecule has 0 spiro atoms. The summed E-state index contributed by atoms with van der Waals surface area (Å²) in [5.41, 5.74) is 12.7. The molecule has 3 aromatic rings. The molecule has 0 fully saturated rings. The number of carbonyl (C=O) groups is 1. The van der Waals surface area contributed by atoms with Crippen LogP contribution in [0.4, 0.5) is 5.95 Å². The van der Waals surface area contributed by atoms with Gasteiger partial charge in [-0.25, -0.2) is 4.98 Å². The monoisotopic (exact) mass is 300 g/mol. The van der Waals surface area contributed by atoms with Gasteiger partial charge in [-0.15, -0.1) is 11.3 Å². The summed E-state index contributed by atoms with van der Waals surface area (Å²) in [6.45, 7) is 1.85. The molecule has 21 heavy (non-hydrogen) atoms. The maximum absolute atomic E-state index is 12.0. The molecule has 2 aromatic heterocycles. The number of rotatable bonds is 2. The topological polar surface area (TPSA) is 115 Å². The Kier molecular flexibility index (Phi) is 2.99. The number of nitrogens with one attached hydrogen (secondary N) is 1. The average Bonchev–Trinajstić information content (AvgIpc) is 2.76. The van der Waals surface area contributed by atoms with Crippen molar-refractivity contribution < 1.29 is 4.79 Å². The molecule has 5 N–H and O–H groups in total. The number of anilines is 1. The number of hydrogen-bond donors (Lipinski definition) is 3. The summed E-state index contributed by atoms with van der Waals surface area (Å²) in [5, 5.41) is 0.522. The van der Waals surface area contributed by atoms with E-state index in [1.807, 2.05) is 13.0 Å². The Hall–Kier alpha value is -2.67. The molecule has 0 aliphatic carbocycles. The Morgan fingerprint density at radius 3 is 2.86 bits per heavy atom. The number of primary amides is 1. The molecule has 106 valence electrons. The van der Waals surface area contributed by atoms with Crippen molar-refractivity contribution >= 4 is 33.4 Å². The summed E-state index contributed by atoms with van der Waals surface area (Å²) in [4.78, 5) is 31.4. The minimum Gasteiger partial charge on any atom is -0.369 e. The fraction of sp³-hybridized carbons (Fsp3) is 0.0714. The van der Waals surface area contributed by atoms with Crippen LogP contribution in [0, 0.1) is 6.92 Å². The van der Waals surface area contributed by atoms with Crippen molar-refractivity contribution in [2.75, 3.05) is 5.73 Å². The number of aromatic amines is 1. The van der Waals surface area contributed by atoms with Crippen LogP contribution >= 0.6 is 11.3 Å². The van der Waals surface area contributed by atoms with Crippen LogP contribution < -0.4 is 17.0 Å². The first kappa shape index (κ1) is 13.3. The quantitative estimate of drug-likeness (QED) is 0.667. The Bertz CT molecular complexity index is 926. The third kappa shape index (κ3) is 2.17. The predicted octanol–water partition coefficient (Wildman–Crippen LogP) is 1.64. The third-order valence-corrected chi connectivity index (χ3v) is 4.46. The molecule has 0 aliphatic rings. The number of nitrogen functional groups attached to an aromatic ring is 1. The van der Waals surface area contributed by atoms with Gasteiger partial charge in [0.05, 0.1) is 5.39 Å². The van der Waals surface area contributed by atoms with Crippen LogP contribution in [0.3, 0.4) is 0 Å². The Morgan fingerprint density at radius 1 is 1.38 bits per heavy atom. The second-order valence-corrected chi connectivity index (χ2v) is 5.63. The molecule has 0 bridgehead atoms. The number of carbonyl (C=O) groups excluding carboxylic acids is 1. The van der Waals surface area contributed by atoms with Crippen molar-refractivity contribution in [3.8, 4) is 10.4 Å². The number of aromatic nitrogens is 2. The maximum atomic E-state index is 12.0. The number of aryl methyl sites for hydroxylation is 1. The summed E-state index contributed by atoms with van der Waals surface area (Å²) < 4.78 is 0. The van der Waals surface area contributed by atoms with Crippen LogP contribution in [-0.2, 0) is 0 Å². The zero-order valence-electron chi connectivity index (χ0n) is 11.1. The first-order chi connectivity index (χ1) is 9.97. The van der Waals surface area contributed by atoms with E-state index in [1.165, 1.54) is 11.3 Å². The van der Waals surface area contributed by atoms with Crippen molar-refractivity contribution in [2.45, 2.75) is 6.92 Å². The van der Waals surface area contributed by atoms with E-state index in [4.69, 9.17) is 11.5 Å². The molecule has 2 heterocycles. The van der Waals surface area contributed by atoms with Gasteiger partial charge in [-0.2, -0.15) is 0 Å². The summed E-state index contributed by atoms with van der Waals surface area (Å²) in [6.07, 6.45) is 0. The van der Waals surface area contributed by atoms with E-state index in [-0.39, 0.29) is 11.5 Å². The summed E-state index contributed by atoms with van der Waals surface area (Å²) >= 11 is 1.36. The van der Waals surface area contributed by atoms with Gasteiger partial charge >= 0.3 is 0 Å². The number of nitrogens with two attached hydrogens (primary N) is 2. The zero-order chi connectivity index (χ0) is 15.1. The minimum absolute atomic E-state index is 0.0891. The molecule has 0 saturated heterocycles. The van der Waals surface area contributed by atoms with E-state index >= 15 is 0 Å². The van der Waals surface area contributed by atoms with Crippen LogP contribution in [0.2, 0.25) is 0 Å². The molecular formula is C14H12N4O2S. The molecule has 1 amide bonds. The Balaban J connectivity index is 2.28. The van der Waals surface area contributed by atoms with Gasteiger partial charge in [-0.1, -0.05) is 12.1 Å². The normalized spacial score (nSPS) is 10.9. The number of amides is 1. The highest BCUT2D eigenvalue weighted by Gasteiger charge is 2.15. The first-order valence-corrected chi connectivity index (χ1v) is 6.98. The number of benzene rings is 1. The van der Waals surface area contributed by atoms with Crippen LogP contribution in [0.5, 0.6) is 0 Å². The lowest BCUT2D eigenvalue weighted by Crippen LogP contribution is -2.10. The van der Waals surface area contributed by atoms with Crippen molar-refractivity contribution in [2.24, 2.45) is 5.73 Å². The van der Waals surface area contributed by atoms with E-state index in [0.717, 1.165) is 16.0 Å². The van der Waals surface area contributed by atoms with Gasteiger partial charge in [0.2, 0.25) is 11.9 Å². The van der Waals surface area contributed by atoms with Crippen molar-refractivity contribution in [3.05, 3.63) is 45.7 Å². The van der Waals surface area contributed by atoms with E-state index < -0.39 is 5.91 Å². The van der Waals surface area contributed by atoms with Gasteiger partial charge in [-0.3, -0.25) is 14.6 Å². The standard InChI is InChI=1S/C14H12N4O2S/c1-6-9-12(20)17-14(16)18-13(9)21-10(6)7-3-2-4-8(5-7)11(15)19/h2-5H,1H3,(H2,15,19)(H3,16,17,18,20). The lowest BCUT2D eigenvalue weighted by atomic mass is 10.1. The minimum atomic E-state index is -0.490. The second-order valence-electron chi connectivity index (χ2n) is 4.63. The fourth-order valence-corrected chi connectivity index (χ4v) is 3.43. The lowest BCUT2D eigenvalue weighted by Gasteiger charge is -2.02. The molecule has 0 aliphatic heterocycles. The van der Waals surface area contributed by atoms with Crippen molar-refractivity contribution in [1.82, 2.24) is 9.97 Å². The van der Waals surface area contributed by atoms with Crippen LogP contribution in [0.1, 0.15) is 15.9 Å². The van der Waals surface area contributed by atoms with Crippen LogP contribution in [0.15, 0.2) is 29.1 Å². The summed E-state index contributed by atoms with van der Waals surface area (Å²) in [7, 11) is 0. The zero-order valence-corrected chi connectivity index (χ0v) is 12.0. The Labute approximate surface area is 123 Å². The Morgan fingerprint density at radius 2 is 2.14 bits per heavy atom. The van der Waals surface area contributed by atoms with Gasteiger partial charge in [-0.05, 0) is 30.2 Å².